The molecule has 2 aliphatic heterocycles. The minimum absolute atomic E-state index is 0. The SMILES string of the molecule is CC(C)(C)OC(=O)N1CC(C)(C)C1C1CCNCC1.Cl. The lowest BCUT2D eigenvalue weighted by atomic mass is 9.67. The van der Waals surface area contributed by atoms with Gasteiger partial charge < -0.3 is 15.0 Å². The van der Waals surface area contributed by atoms with Gasteiger partial charge in [-0.1, -0.05) is 13.8 Å². The fraction of sp³-hybridized carbons (Fsp3) is 0.933. The molecule has 1 N–H and O–H groups in total. The normalized spacial score (nSPS) is 26.4. The number of carbonyl (C=O) groups excluding carboxylic acids is 1. The number of likely N-dealkylation sites (tertiary alicyclic amines) is 1. The lowest BCUT2D eigenvalue weighted by molar-refractivity contribution is -0.0908. The van der Waals surface area contributed by atoms with Crippen LogP contribution in [0.5, 0.6) is 0 Å². The molecule has 0 radical (unpaired) electrons. The number of amides is 1. The van der Waals surface area contributed by atoms with E-state index in [1.165, 1.54) is 0 Å². The first kappa shape index (κ1) is 17.6. The molecular weight excluding hydrogens is 276 g/mol. The molecule has 0 saturated carbocycles. The van der Waals surface area contributed by atoms with Crippen LogP contribution in [-0.4, -0.2) is 42.3 Å². The van der Waals surface area contributed by atoms with E-state index < -0.39 is 5.60 Å². The quantitative estimate of drug-likeness (QED) is 0.809. The van der Waals surface area contributed by atoms with Crippen LogP contribution in [0.15, 0.2) is 0 Å². The molecule has 2 heterocycles. The van der Waals surface area contributed by atoms with E-state index in [9.17, 15) is 4.79 Å². The van der Waals surface area contributed by atoms with Crippen molar-refractivity contribution in [1.29, 1.82) is 0 Å². The lowest BCUT2D eigenvalue weighted by Crippen LogP contribution is -2.67. The number of hydrogen-bond donors (Lipinski definition) is 1. The highest BCUT2D eigenvalue weighted by Gasteiger charge is 2.52. The van der Waals surface area contributed by atoms with Gasteiger partial charge in [-0.2, -0.15) is 0 Å². The van der Waals surface area contributed by atoms with Gasteiger partial charge in [0, 0.05) is 18.0 Å². The van der Waals surface area contributed by atoms with Crippen molar-refractivity contribution in [2.24, 2.45) is 11.3 Å². The van der Waals surface area contributed by atoms with E-state index in [0.29, 0.717) is 12.0 Å². The molecule has 1 unspecified atom stereocenters. The third-order valence-electron chi connectivity index (χ3n) is 4.17. The first-order valence-electron chi connectivity index (χ1n) is 7.41. The first-order valence-corrected chi connectivity index (χ1v) is 7.41. The minimum atomic E-state index is -0.407. The van der Waals surface area contributed by atoms with E-state index in [1.807, 2.05) is 25.7 Å². The molecule has 0 aromatic rings. The molecule has 0 aromatic carbocycles. The van der Waals surface area contributed by atoms with Crippen molar-refractivity contribution < 1.29 is 9.53 Å². The van der Waals surface area contributed by atoms with Crippen molar-refractivity contribution in [3.8, 4) is 0 Å². The fourth-order valence-electron chi connectivity index (χ4n) is 3.49. The van der Waals surface area contributed by atoms with Crippen molar-refractivity contribution in [2.75, 3.05) is 19.6 Å². The maximum absolute atomic E-state index is 12.3. The van der Waals surface area contributed by atoms with Crippen LogP contribution < -0.4 is 5.32 Å². The molecule has 0 aliphatic carbocycles. The molecule has 2 fully saturated rings. The molecule has 1 atom stereocenters. The Hall–Kier alpha value is -0.480. The number of halogens is 1. The maximum Gasteiger partial charge on any atom is 0.410 e. The van der Waals surface area contributed by atoms with Gasteiger partial charge in [-0.15, -0.1) is 12.4 Å². The van der Waals surface area contributed by atoms with Crippen LogP contribution in [0, 0.1) is 11.3 Å². The molecule has 0 aromatic heterocycles. The predicted octanol–water partition coefficient (Wildman–Crippen LogP) is 3.05. The second-order valence-electron chi connectivity index (χ2n) is 7.63. The Labute approximate surface area is 129 Å². The summed E-state index contributed by atoms with van der Waals surface area (Å²) in [4.78, 5) is 14.2. The second-order valence-corrected chi connectivity index (χ2v) is 7.63. The molecular formula is C15H29ClN2O2. The average molecular weight is 305 g/mol. The highest BCUT2D eigenvalue weighted by molar-refractivity contribution is 5.85. The van der Waals surface area contributed by atoms with Gasteiger partial charge in [0.25, 0.3) is 0 Å². The Morgan fingerprint density at radius 3 is 2.25 bits per heavy atom. The second kappa shape index (κ2) is 6.10. The van der Waals surface area contributed by atoms with Gasteiger partial charge in [0.05, 0.1) is 0 Å². The molecule has 5 heteroatoms. The Morgan fingerprint density at radius 2 is 1.80 bits per heavy atom. The van der Waals surface area contributed by atoms with Crippen molar-refractivity contribution in [3.63, 3.8) is 0 Å². The van der Waals surface area contributed by atoms with Crippen molar-refractivity contribution in [2.45, 2.75) is 59.1 Å². The van der Waals surface area contributed by atoms with Gasteiger partial charge in [0.2, 0.25) is 0 Å². The molecule has 2 saturated heterocycles. The summed E-state index contributed by atoms with van der Waals surface area (Å²) in [7, 11) is 0. The molecule has 1 amide bonds. The Morgan fingerprint density at radius 1 is 1.25 bits per heavy atom. The molecule has 118 valence electrons. The van der Waals surface area contributed by atoms with E-state index in [0.717, 1.165) is 32.5 Å². The van der Waals surface area contributed by atoms with E-state index in [-0.39, 0.29) is 23.9 Å². The lowest BCUT2D eigenvalue weighted by Gasteiger charge is -2.57. The molecule has 0 bridgehead atoms. The minimum Gasteiger partial charge on any atom is -0.444 e. The highest BCUT2D eigenvalue weighted by atomic mass is 35.5. The van der Waals surface area contributed by atoms with Crippen LogP contribution in [-0.2, 0) is 4.74 Å². The van der Waals surface area contributed by atoms with Gasteiger partial charge in [-0.25, -0.2) is 4.79 Å². The Bertz CT molecular complexity index is 346. The van der Waals surface area contributed by atoms with Crippen LogP contribution in [0.1, 0.15) is 47.5 Å². The number of piperidine rings is 1. The van der Waals surface area contributed by atoms with Crippen LogP contribution >= 0.6 is 12.4 Å². The molecule has 0 spiro atoms. The Kier molecular flexibility index (Phi) is 5.36. The summed E-state index contributed by atoms with van der Waals surface area (Å²) in [5, 5.41) is 3.39. The number of nitrogens with one attached hydrogen (secondary N) is 1. The summed E-state index contributed by atoms with van der Waals surface area (Å²) in [5.41, 5.74) is -0.186. The van der Waals surface area contributed by atoms with E-state index in [1.54, 1.807) is 0 Å². The summed E-state index contributed by atoms with van der Waals surface area (Å²) in [6.07, 6.45) is 2.18. The van der Waals surface area contributed by atoms with Crippen LogP contribution in [0.3, 0.4) is 0 Å². The third kappa shape index (κ3) is 3.79. The summed E-state index contributed by atoms with van der Waals surface area (Å²) in [6.45, 7) is 13.3. The molecule has 20 heavy (non-hydrogen) atoms. The number of ether oxygens (including phenoxy) is 1. The van der Waals surface area contributed by atoms with Crippen LogP contribution in [0.4, 0.5) is 4.79 Å². The average Bonchev–Trinajstić information content (AvgIpc) is 2.25. The monoisotopic (exact) mass is 304 g/mol. The predicted molar refractivity (Wildman–Crippen MR) is 83.4 cm³/mol. The van der Waals surface area contributed by atoms with E-state index >= 15 is 0 Å². The molecule has 4 nitrogen and oxygen atoms in total. The van der Waals surface area contributed by atoms with Crippen molar-refractivity contribution in [1.82, 2.24) is 10.2 Å². The maximum atomic E-state index is 12.3. The first-order chi connectivity index (χ1) is 8.71. The standard InChI is InChI=1S/C15H28N2O2.ClH/c1-14(2,3)19-13(18)17-10-15(4,5)12(17)11-6-8-16-9-7-11;/h11-12,16H,6-10H2,1-5H3;1H. The zero-order chi connectivity index (χ0) is 14.3. The molecule has 2 aliphatic rings. The van der Waals surface area contributed by atoms with Crippen LogP contribution in [0.2, 0.25) is 0 Å². The van der Waals surface area contributed by atoms with Gasteiger partial charge in [0.15, 0.2) is 0 Å². The van der Waals surface area contributed by atoms with Gasteiger partial charge >= 0.3 is 6.09 Å². The smallest absolute Gasteiger partial charge is 0.410 e. The van der Waals surface area contributed by atoms with Crippen molar-refractivity contribution in [3.05, 3.63) is 0 Å². The van der Waals surface area contributed by atoms with Gasteiger partial charge in [-0.3, -0.25) is 0 Å². The topological polar surface area (TPSA) is 41.6 Å². The Balaban J connectivity index is 0.00000200. The number of nitrogens with zero attached hydrogens (tertiary/aromatic N) is 1. The van der Waals surface area contributed by atoms with Gasteiger partial charge in [-0.05, 0) is 52.6 Å². The van der Waals surface area contributed by atoms with Crippen molar-refractivity contribution >= 4 is 18.5 Å². The summed E-state index contributed by atoms with van der Waals surface area (Å²) < 4.78 is 5.53. The van der Waals surface area contributed by atoms with Crippen LogP contribution in [0.25, 0.3) is 0 Å². The summed E-state index contributed by atoms with van der Waals surface area (Å²) in [6, 6.07) is 0.337. The zero-order valence-electron chi connectivity index (χ0n) is 13.4. The number of hydrogen-bond acceptors (Lipinski definition) is 3. The summed E-state index contributed by atoms with van der Waals surface area (Å²) in [5.74, 6) is 0.609. The third-order valence-corrected chi connectivity index (χ3v) is 4.17. The zero-order valence-corrected chi connectivity index (χ0v) is 14.2. The highest BCUT2D eigenvalue weighted by Crippen LogP contribution is 2.44. The summed E-state index contributed by atoms with van der Waals surface area (Å²) >= 11 is 0. The number of carbonyl (C=O) groups is 1. The largest absolute Gasteiger partial charge is 0.444 e. The fourth-order valence-corrected chi connectivity index (χ4v) is 3.49. The van der Waals surface area contributed by atoms with E-state index in [2.05, 4.69) is 19.2 Å². The van der Waals surface area contributed by atoms with E-state index in [4.69, 9.17) is 4.74 Å². The number of rotatable bonds is 1. The van der Waals surface area contributed by atoms with Gasteiger partial charge in [0.1, 0.15) is 5.60 Å². The molecule has 2 rings (SSSR count).